The minimum atomic E-state index is -0.511. The summed E-state index contributed by atoms with van der Waals surface area (Å²) < 4.78 is 16.5. The molecule has 16 heavy (non-hydrogen) atoms. The normalized spacial score (nSPS) is 36.1. The average molecular weight is 246 g/mol. The molecule has 0 aromatic carbocycles. The van der Waals surface area contributed by atoms with Crippen LogP contribution in [0.1, 0.15) is 27.2 Å². The quantitative estimate of drug-likeness (QED) is 0.707. The lowest BCUT2D eigenvalue weighted by Crippen LogP contribution is -2.29. The van der Waals surface area contributed by atoms with Crippen LogP contribution >= 0.6 is 11.8 Å². The van der Waals surface area contributed by atoms with E-state index in [0.717, 1.165) is 5.75 Å². The summed E-state index contributed by atoms with van der Waals surface area (Å²) in [6.45, 7) is 6.09. The second kappa shape index (κ2) is 4.55. The molecule has 0 unspecified atom stereocenters. The lowest BCUT2D eigenvalue weighted by atomic mass is 10.1. The Labute approximate surface area is 100 Å². The Hall–Kier alpha value is -0.260. The topological polar surface area (TPSA) is 44.8 Å². The largest absolute Gasteiger partial charge is 0.466 e. The van der Waals surface area contributed by atoms with Crippen molar-refractivity contribution in [2.75, 3.05) is 12.4 Å². The molecule has 2 heterocycles. The van der Waals surface area contributed by atoms with Crippen LogP contribution in [0.3, 0.4) is 0 Å². The molecule has 2 fully saturated rings. The first-order chi connectivity index (χ1) is 7.52. The van der Waals surface area contributed by atoms with Crippen molar-refractivity contribution in [3.8, 4) is 0 Å². The summed E-state index contributed by atoms with van der Waals surface area (Å²) >= 11 is 1.74. The number of ether oxygens (including phenoxy) is 3. The van der Waals surface area contributed by atoms with Gasteiger partial charge in [-0.3, -0.25) is 4.79 Å². The van der Waals surface area contributed by atoms with E-state index in [4.69, 9.17) is 14.2 Å². The van der Waals surface area contributed by atoms with Gasteiger partial charge in [-0.05, 0) is 20.8 Å². The Balaban J connectivity index is 1.91. The third kappa shape index (κ3) is 2.52. The minimum Gasteiger partial charge on any atom is -0.466 e. The number of carbonyl (C=O) groups excluding carboxylic acids is 1. The molecule has 0 bridgehead atoms. The van der Waals surface area contributed by atoms with Crippen molar-refractivity contribution in [3.63, 3.8) is 0 Å². The maximum atomic E-state index is 11.4. The van der Waals surface area contributed by atoms with E-state index in [2.05, 4.69) is 0 Å². The standard InChI is InChI=1S/C11H18O4S/c1-4-13-9(12)5-8-10-7(6-16-8)14-11(2,3)15-10/h7-8,10H,4-6H2,1-3H3/t7-,8+,10-/m0/s1. The molecule has 0 saturated carbocycles. The van der Waals surface area contributed by atoms with E-state index < -0.39 is 5.79 Å². The molecule has 4 nitrogen and oxygen atoms in total. The lowest BCUT2D eigenvalue weighted by molar-refractivity contribution is -0.150. The van der Waals surface area contributed by atoms with Gasteiger partial charge in [0.25, 0.3) is 0 Å². The molecule has 0 radical (unpaired) electrons. The zero-order chi connectivity index (χ0) is 11.8. The number of carbonyl (C=O) groups is 1. The van der Waals surface area contributed by atoms with Gasteiger partial charge >= 0.3 is 5.97 Å². The van der Waals surface area contributed by atoms with Crippen molar-refractivity contribution < 1.29 is 19.0 Å². The van der Waals surface area contributed by atoms with E-state index in [0.29, 0.717) is 13.0 Å². The first-order valence-electron chi connectivity index (χ1n) is 5.64. The molecular formula is C11H18O4S. The van der Waals surface area contributed by atoms with Crippen LogP contribution in [0.25, 0.3) is 0 Å². The van der Waals surface area contributed by atoms with Gasteiger partial charge in [0.15, 0.2) is 5.79 Å². The average Bonchev–Trinajstić information content (AvgIpc) is 2.64. The second-order valence-electron chi connectivity index (χ2n) is 4.52. The molecule has 0 spiro atoms. The van der Waals surface area contributed by atoms with E-state index >= 15 is 0 Å². The Morgan fingerprint density at radius 2 is 2.25 bits per heavy atom. The molecule has 2 aliphatic heterocycles. The van der Waals surface area contributed by atoms with Crippen molar-refractivity contribution in [2.45, 2.75) is 50.4 Å². The highest BCUT2D eigenvalue weighted by atomic mass is 32.2. The van der Waals surface area contributed by atoms with E-state index in [9.17, 15) is 4.79 Å². The number of hydrogen-bond donors (Lipinski definition) is 0. The van der Waals surface area contributed by atoms with Crippen molar-refractivity contribution >= 4 is 17.7 Å². The summed E-state index contributed by atoms with van der Waals surface area (Å²) in [5, 5.41) is 0.172. The molecule has 2 saturated heterocycles. The Morgan fingerprint density at radius 1 is 1.50 bits per heavy atom. The molecule has 0 aromatic rings. The van der Waals surface area contributed by atoms with E-state index in [1.807, 2.05) is 20.8 Å². The molecule has 2 aliphatic rings. The number of hydrogen-bond acceptors (Lipinski definition) is 5. The van der Waals surface area contributed by atoms with Gasteiger partial charge in [0.05, 0.1) is 19.1 Å². The number of rotatable bonds is 3. The van der Waals surface area contributed by atoms with Crippen LogP contribution in [0, 0.1) is 0 Å². The summed E-state index contributed by atoms with van der Waals surface area (Å²) in [4.78, 5) is 11.4. The molecule has 92 valence electrons. The maximum absolute atomic E-state index is 11.4. The summed E-state index contributed by atoms with van der Waals surface area (Å²) in [7, 11) is 0. The fourth-order valence-electron chi connectivity index (χ4n) is 2.18. The number of thioether (sulfide) groups is 1. The van der Waals surface area contributed by atoms with Crippen molar-refractivity contribution in [1.82, 2.24) is 0 Å². The summed E-state index contributed by atoms with van der Waals surface area (Å²) in [5.74, 6) is 0.246. The summed E-state index contributed by atoms with van der Waals surface area (Å²) in [5.41, 5.74) is 0. The molecule has 0 amide bonds. The predicted molar refractivity (Wildman–Crippen MR) is 61.3 cm³/mol. The molecule has 0 aliphatic carbocycles. The van der Waals surface area contributed by atoms with Gasteiger partial charge in [-0.2, -0.15) is 11.8 Å². The zero-order valence-electron chi connectivity index (χ0n) is 9.89. The van der Waals surface area contributed by atoms with Crippen molar-refractivity contribution in [3.05, 3.63) is 0 Å². The Morgan fingerprint density at radius 3 is 2.94 bits per heavy atom. The van der Waals surface area contributed by atoms with Crippen LogP contribution in [0.5, 0.6) is 0 Å². The number of fused-ring (bicyclic) bond motifs is 1. The van der Waals surface area contributed by atoms with Crippen molar-refractivity contribution in [2.24, 2.45) is 0 Å². The Kier molecular flexibility index (Phi) is 3.47. The molecule has 0 N–H and O–H groups in total. The molecule has 5 heteroatoms. The van der Waals surface area contributed by atoms with Gasteiger partial charge in [0.1, 0.15) is 6.10 Å². The smallest absolute Gasteiger partial charge is 0.306 e. The highest BCUT2D eigenvalue weighted by molar-refractivity contribution is 8.00. The zero-order valence-corrected chi connectivity index (χ0v) is 10.7. The van der Waals surface area contributed by atoms with Gasteiger partial charge in [-0.25, -0.2) is 0 Å². The van der Waals surface area contributed by atoms with Gasteiger partial charge in [-0.1, -0.05) is 0 Å². The SMILES string of the molecule is CCOC(=O)C[C@H]1SC[C@@H]2OC(C)(C)O[C@@H]21. The summed E-state index contributed by atoms with van der Waals surface area (Å²) in [6, 6.07) is 0. The van der Waals surface area contributed by atoms with Gasteiger partial charge < -0.3 is 14.2 Å². The van der Waals surface area contributed by atoms with E-state index in [1.165, 1.54) is 0 Å². The van der Waals surface area contributed by atoms with Crippen LogP contribution in [-0.2, 0) is 19.0 Å². The van der Waals surface area contributed by atoms with Crippen LogP contribution in [-0.4, -0.2) is 41.6 Å². The lowest BCUT2D eigenvalue weighted by Gasteiger charge is -2.20. The second-order valence-corrected chi connectivity index (χ2v) is 5.79. The first-order valence-corrected chi connectivity index (χ1v) is 6.69. The van der Waals surface area contributed by atoms with Crippen LogP contribution < -0.4 is 0 Å². The predicted octanol–water partition coefficient (Wildman–Crippen LogP) is 1.58. The van der Waals surface area contributed by atoms with Crippen LogP contribution in [0.4, 0.5) is 0 Å². The van der Waals surface area contributed by atoms with Gasteiger partial charge in [0.2, 0.25) is 0 Å². The molecular weight excluding hydrogens is 228 g/mol. The van der Waals surface area contributed by atoms with Crippen LogP contribution in [0.15, 0.2) is 0 Å². The fourth-order valence-corrected chi connectivity index (χ4v) is 3.55. The van der Waals surface area contributed by atoms with E-state index in [-0.39, 0.29) is 23.4 Å². The molecule has 0 aromatic heterocycles. The highest BCUT2D eigenvalue weighted by Crippen LogP contribution is 2.42. The highest BCUT2D eigenvalue weighted by Gasteiger charge is 2.49. The molecule has 3 atom stereocenters. The first kappa shape index (κ1) is 12.2. The number of esters is 1. The van der Waals surface area contributed by atoms with Crippen molar-refractivity contribution in [1.29, 1.82) is 0 Å². The van der Waals surface area contributed by atoms with Crippen LogP contribution in [0.2, 0.25) is 0 Å². The third-order valence-corrected chi connectivity index (χ3v) is 4.12. The summed E-state index contributed by atoms with van der Waals surface area (Å²) in [6.07, 6.45) is 0.572. The third-order valence-electron chi connectivity index (χ3n) is 2.74. The Bertz CT molecular complexity index is 279. The molecule has 2 rings (SSSR count). The maximum Gasteiger partial charge on any atom is 0.306 e. The monoisotopic (exact) mass is 246 g/mol. The fraction of sp³-hybridized carbons (Fsp3) is 0.909. The van der Waals surface area contributed by atoms with Gasteiger partial charge in [-0.15, -0.1) is 0 Å². The van der Waals surface area contributed by atoms with E-state index in [1.54, 1.807) is 11.8 Å². The van der Waals surface area contributed by atoms with Gasteiger partial charge in [0, 0.05) is 11.0 Å². The minimum absolute atomic E-state index is 0.0319.